The summed E-state index contributed by atoms with van der Waals surface area (Å²) in [6.07, 6.45) is 0. The van der Waals surface area contributed by atoms with Gasteiger partial charge in [0.2, 0.25) is 11.8 Å². The molecule has 0 aromatic heterocycles. The lowest BCUT2D eigenvalue weighted by atomic mass is 9.88. The predicted molar refractivity (Wildman–Crippen MR) is 64.9 cm³/mol. The third-order valence-corrected chi connectivity index (χ3v) is 2.56. The van der Waals surface area contributed by atoms with Crippen LogP contribution in [-0.4, -0.2) is 23.9 Å². The maximum atomic E-state index is 11.1. The molecule has 0 unspecified atom stereocenters. The van der Waals surface area contributed by atoms with Gasteiger partial charge in [-0.05, 0) is 11.8 Å². The van der Waals surface area contributed by atoms with Gasteiger partial charge in [-0.15, -0.1) is 0 Å². The Balaban J connectivity index is 4.79. The zero-order chi connectivity index (χ0) is 12.9. The molecule has 0 aliphatic rings. The van der Waals surface area contributed by atoms with Crippen LogP contribution in [0.2, 0.25) is 0 Å². The molecule has 2 N–H and O–H groups in total. The summed E-state index contributed by atoms with van der Waals surface area (Å²) in [4.78, 5) is 22.3. The highest BCUT2D eigenvalue weighted by molar-refractivity contribution is 5.75. The van der Waals surface area contributed by atoms with Gasteiger partial charge in [0.1, 0.15) is 0 Å². The van der Waals surface area contributed by atoms with Crippen molar-refractivity contribution in [1.29, 1.82) is 0 Å². The maximum absolute atomic E-state index is 11.1. The SMILES string of the molecule is CC(=O)N[C@@H](C(C)C)[C@@H](NC(C)=O)C(C)C. The second-order valence-electron chi connectivity index (χ2n) is 4.94. The highest BCUT2D eigenvalue weighted by atomic mass is 16.2. The van der Waals surface area contributed by atoms with Gasteiger partial charge >= 0.3 is 0 Å². The van der Waals surface area contributed by atoms with E-state index in [1.807, 2.05) is 27.7 Å². The molecule has 0 spiro atoms. The lowest BCUT2D eigenvalue weighted by Crippen LogP contribution is -2.55. The molecule has 0 fully saturated rings. The molecule has 0 aromatic rings. The van der Waals surface area contributed by atoms with Crippen molar-refractivity contribution >= 4 is 11.8 Å². The van der Waals surface area contributed by atoms with Gasteiger partial charge in [0.05, 0.1) is 12.1 Å². The Bertz CT molecular complexity index is 223. The normalized spacial score (nSPS) is 14.8. The van der Waals surface area contributed by atoms with E-state index in [1.54, 1.807) is 0 Å². The second kappa shape index (κ2) is 6.51. The number of amides is 2. The monoisotopic (exact) mass is 228 g/mol. The highest BCUT2D eigenvalue weighted by Gasteiger charge is 2.28. The molecular weight excluding hydrogens is 204 g/mol. The first-order valence-corrected chi connectivity index (χ1v) is 5.79. The van der Waals surface area contributed by atoms with Crippen LogP contribution < -0.4 is 10.6 Å². The van der Waals surface area contributed by atoms with Gasteiger partial charge in [-0.2, -0.15) is 0 Å². The second-order valence-corrected chi connectivity index (χ2v) is 4.94. The summed E-state index contributed by atoms with van der Waals surface area (Å²) < 4.78 is 0. The average Bonchev–Trinajstić information content (AvgIpc) is 2.09. The molecule has 2 amide bonds. The zero-order valence-electron chi connectivity index (χ0n) is 11.1. The molecule has 2 atom stereocenters. The molecule has 0 heterocycles. The molecule has 0 aliphatic carbocycles. The Labute approximate surface area is 98.2 Å². The van der Waals surface area contributed by atoms with Crippen LogP contribution in [0.25, 0.3) is 0 Å². The molecule has 94 valence electrons. The largest absolute Gasteiger partial charge is 0.351 e. The molecule has 0 bridgehead atoms. The number of nitrogens with one attached hydrogen (secondary N) is 2. The molecule has 0 rings (SSSR count). The van der Waals surface area contributed by atoms with Crippen LogP contribution in [0.15, 0.2) is 0 Å². The van der Waals surface area contributed by atoms with E-state index < -0.39 is 0 Å². The van der Waals surface area contributed by atoms with Crippen molar-refractivity contribution in [3.8, 4) is 0 Å². The van der Waals surface area contributed by atoms with Gasteiger partial charge in [0.15, 0.2) is 0 Å². The van der Waals surface area contributed by atoms with Crippen LogP contribution in [-0.2, 0) is 9.59 Å². The average molecular weight is 228 g/mol. The van der Waals surface area contributed by atoms with Crippen LogP contribution in [0, 0.1) is 11.8 Å². The molecular formula is C12H24N2O2. The van der Waals surface area contributed by atoms with Crippen molar-refractivity contribution in [2.45, 2.75) is 53.6 Å². The molecule has 0 aromatic carbocycles. The van der Waals surface area contributed by atoms with Gasteiger partial charge in [-0.25, -0.2) is 0 Å². The van der Waals surface area contributed by atoms with Gasteiger partial charge in [-0.1, -0.05) is 27.7 Å². The Hall–Kier alpha value is -1.06. The Morgan fingerprint density at radius 1 is 0.750 bits per heavy atom. The predicted octanol–water partition coefficient (Wildman–Crippen LogP) is 1.31. The Morgan fingerprint density at radius 2 is 1.00 bits per heavy atom. The molecule has 0 saturated heterocycles. The number of hydrogen-bond acceptors (Lipinski definition) is 2. The highest BCUT2D eigenvalue weighted by Crippen LogP contribution is 2.14. The van der Waals surface area contributed by atoms with E-state index in [0.29, 0.717) is 0 Å². The summed E-state index contributed by atoms with van der Waals surface area (Å²) in [5.41, 5.74) is 0. The number of carbonyl (C=O) groups is 2. The fraction of sp³-hybridized carbons (Fsp3) is 0.833. The molecule has 16 heavy (non-hydrogen) atoms. The first-order chi connectivity index (χ1) is 7.25. The van der Waals surface area contributed by atoms with E-state index in [9.17, 15) is 9.59 Å². The summed E-state index contributed by atoms with van der Waals surface area (Å²) in [6, 6.07) is -0.0530. The van der Waals surface area contributed by atoms with Crippen molar-refractivity contribution in [1.82, 2.24) is 10.6 Å². The topological polar surface area (TPSA) is 58.2 Å². The molecule has 4 heteroatoms. The van der Waals surface area contributed by atoms with E-state index in [1.165, 1.54) is 13.8 Å². The minimum absolute atomic E-state index is 0.0265. The first-order valence-electron chi connectivity index (χ1n) is 5.79. The molecule has 0 radical (unpaired) electrons. The third kappa shape index (κ3) is 5.14. The quantitative estimate of drug-likeness (QED) is 0.745. The summed E-state index contributed by atoms with van der Waals surface area (Å²) in [5, 5.41) is 5.82. The van der Waals surface area contributed by atoms with E-state index in [4.69, 9.17) is 0 Å². The smallest absolute Gasteiger partial charge is 0.217 e. The van der Waals surface area contributed by atoms with Crippen molar-refractivity contribution in [2.24, 2.45) is 11.8 Å². The van der Waals surface area contributed by atoms with Crippen molar-refractivity contribution in [3.05, 3.63) is 0 Å². The van der Waals surface area contributed by atoms with E-state index >= 15 is 0 Å². The first kappa shape index (κ1) is 14.9. The van der Waals surface area contributed by atoms with E-state index in [2.05, 4.69) is 10.6 Å². The Kier molecular flexibility index (Phi) is 6.08. The number of hydrogen-bond donors (Lipinski definition) is 2. The summed E-state index contributed by atoms with van der Waals surface area (Å²) in [7, 11) is 0. The van der Waals surface area contributed by atoms with Crippen LogP contribution in [0.3, 0.4) is 0 Å². The van der Waals surface area contributed by atoms with Gasteiger partial charge in [0.25, 0.3) is 0 Å². The van der Waals surface area contributed by atoms with Gasteiger partial charge in [0, 0.05) is 13.8 Å². The number of carbonyl (C=O) groups excluding carboxylic acids is 2. The standard InChI is InChI=1S/C12H24N2O2/c1-7(2)11(13-9(5)15)12(8(3)4)14-10(6)16/h7-8,11-12H,1-6H3,(H,13,15)(H,14,16)/t11-,12-/m0/s1. The minimum Gasteiger partial charge on any atom is -0.351 e. The van der Waals surface area contributed by atoms with E-state index in [-0.39, 0.29) is 35.7 Å². The van der Waals surface area contributed by atoms with Crippen molar-refractivity contribution in [2.75, 3.05) is 0 Å². The lowest BCUT2D eigenvalue weighted by Gasteiger charge is -2.33. The molecule has 4 nitrogen and oxygen atoms in total. The van der Waals surface area contributed by atoms with Gasteiger partial charge in [-0.3, -0.25) is 9.59 Å². The summed E-state index contributed by atoms with van der Waals surface area (Å²) in [6.45, 7) is 11.2. The summed E-state index contributed by atoms with van der Waals surface area (Å²) in [5.74, 6) is 0.440. The minimum atomic E-state index is -0.0605. The van der Waals surface area contributed by atoms with E-state index in [0.717, 1.165) is 0 Å². The fourth-order valence-electron chi connectivity index (χ4n) is 1.81. The summed E-state index contributed by atoms with van der Waals surface area (Å²) >= 11 is 0. The molecule has 0 aliphatic heterocycles. The zero-order valence-corrected chi connectivity index (χ0v) is 11.1. The third-order valence-electron chi connectivity index (χ3n) is 2.56. The maximum Gasteiger partial charge on any atom is 0.217 e. The van der Waals surface area contributed by atoms with Crippen LogP contribution >= 0.6 is 0 Å². The van der Waals surface area contributed by atoms with Crippen LogP contribution in [0.4, 0.5) is 0 Å². The number of rotatable bonds is 5. The van der Waals surface area contributed by atoms with Crippen LogP contribution in [0.1, 0.15) is 41.5 Å². The fourth-order valence-corrected chi connectivity index (χ4v) is 1.81. The molecule has 0 saturated carbocycles. The Morgan fingerprint density at radius 3 is 1.12 bits per heavy atom. The van der Waals surface area contributed by atoms with Gasteiger partial charge < -0.3 is 10.6 Å². The van der Waals surface area contributed by atoms with Crippen molar-refractivity contribution in [3.63, 3.8) is 0 Å². The van der Waals surface area contributed by atoms with Crippen molar-refractivity contribution < 1.29 is 9.59 Å². The van der Waals surface area contributed by atoms with Crippen LogP contribution in [0.5, 0.6) is 0 Å². The lowest BCUT2D eigenvalue weighted by molar-refractivity contribution is -0.123.